The zero-order valence-electron chi connectivity index (χ0n) is 13.4. The third-order valence-electron chi connectivity index (χ3n) is 3.57. The molecule has 0 bridgehead atoms. The average Bonchev–Trinajstić information content (AvgIpc) is 2.64. The van der Waals surface area contributed by atoms with Gasteiger partial charge in [0.2, 0.25) is 5.88 Å². The molecule has 0 fully saturated rings. The average molecular weight is 358 g/mol. The number of ether oxygens (including phenoxy) is 1. The fourth-order valence-corrected chi connectivity index (χ4v) is 2.44. The lowest BCUT2D eigenvalue weighted by molar-refractivity contribution is -0.154. The molecule has 0 aliphatic heterocycles. The number of rotatable bonds is 5. The smallest absolute Gasteiger partial charge is 0.422 e. The van der Waals surface area contributed by atoms with E-state index in [2.05, 4.69) is 21.4 Å². The second kappa shape index (κ2) is 7.27. The second-order valence-electron chi connectivity index (χ2n) is 5.40. The Morgan fingerprint density at radius 1 is 1.12 bits per heavy atom. The number of pyridine rings is 2. The highest BCUT2D eigenvalue weighted by atomic mass is 19.4. The highest BCUT2D eigenvalue weighted by Gasteiger charge is 2.29. The third-order valence-corrected chi connectivity index (χ3v) is 3.57. The Labute approximate surface area is 147 Å². The predicted molar refractivity (Wildman–Crippen MR) is 89.6 cm³/mol. The quantitative estimate of drug-likeness (QED) is 0.745. The van der Waals surface area contributed by atoms with Gasteiger partial charge in [0.25, 0.3) is 0 Å². The summed E-state index contributed by atoms with van der Waals surface area (Å²) < 4.78 is 41.9. The van der Waals surface area contributed by atoms with Crippen LogP contribution in [0.25, 0.3) is 10.9 Å². The maximum Gasteiger partial charge on any atom is 0.422 e. The number of para-hydroxylation sites is 1. The minimum absolute atomic E-state index is 0.103. The summed E-state index contributed by atoms with van der Waals surface area (Å²) in [7, 11) is 0. The van der Waals surface area contributed by atoms with Crippen molar-refractivity contribution in [2.75, 3.05) is 11.9 Å². The van der Waals surface area contributed by atoms with Gasteiger partial charge in [0.15, 0.2) is 6.61 Å². The van der Waals surface area contributed by atoms with Gasteiger partial charge in [-0.2, -0.15) is 18.4 Å². The zero-order valence-corrected chi connectivity index (χ0v) is 13.4. The van der Waals surface area contributed by atoms with E-state index in [9.17, 15) is 18.4 Å². The van der Waals surface area contributed by atoms with E-state index >= 15 is 0 Å². The maximum absolute atomic E-state index is 12.4. The monoisotopic (exact) mass is 358 g/mol. The Balaban J connectivity index is 1.86. The topological polar surface area (TPSA) is 70.8 Å². The van der Waals surface area contributed by atoms with E-state index in [0.717, 1.165) is 5.39 Å². The van der Waals surface area contributed by atoms with Gasteiger partial charge in [-0.15, -0.1) is 0 Å². The number of nitrogens with one attached hydrogen (secondary N) is 1. The first-order valence-corrected chi connectivity index (χ1v) is 7.63. The van der Waals surface area contributed by atoms with Crippen molar-refractivity contribution in [1.29, 1.82) is 5.26 Å². The van der Waals surface area contributed by atoms with Gasteiger partial charge in [-0.3, -0.25) is 4.98 Å². The summed E-state index contributed by atoms with van der Waals surface area (Å²) in [5.74, 6) is -0.103. The summed E-state index contributed by atoms with van der Waals surface area (Å²) in [6.07, 6.45) is -1.63. The van der Waals surface area contributed by atoms with Gasteiger partial charge in [-0.05, 0) is 12.1 Å². The third kappa shape index (κ3) is 4.00. The van der Waals surface area contributed by atoms with Crippen LogP contribution in [0.4, 0.5) is 18.9 Å². The van der Waals surface area contributed by atoms with E-state index in [1.807, 2.05) is 24.3 Å². The summed E-state index contributed by atoms with van der Waals surface area (Å²) in [5, 5.41) is 13.2. The minimum atomic E-state index is -4.45. The number of alkyl halides is 3. The molecule has 0 aliphatic carbocycles. The molecule has 1 N–H and O–H groups in total. The number of nitrogens with zero attached hydrogens (tertiary/aromatic N) is 3. The van der Waals surface area contributed by atoms with Crippen molar-refractivity contribution in [3.05, 3.63) is 59.9 Å². The Kier molecular flexibility index (Phi) is 4.89. The van der Waals surface area contributed by atoms with Crippen molar-refractivity contribution in [3.63, 3.8) is 0 Å². The number of hydrogen-bond acceptors (Lipinski definition) is 5. The number of aromatic nitrogens is 2. The molecule has 2 aromatic heterocycles. The molecule has 3 rings (SSSR count). The van der Waals surface area contributed by atoms with Crippen LogP contribution in [0.15, 0.2) is 48.8 Å². The number of benzene rings is 1. The van der Waals surface area contributed by atoms with E-state index in [-0.39, 0.29) is 12.4 Å². The molecule has 5 nitrogen and oxygen atoms in total. The molecular weight excluding hydrogens is 345 g/mol. The molecule has 0 radical (unpaired) electrons. The second-order valence-corrected chi connectivity index (χ2v) is 5.40. The predicted octanol–water partition coefficient (Wildman–Crippen LogP) is 4.05. The van der Waals surface area contributed by atoms with Crippen molar-refractivity contribution in [2.24, 2.45) is 0 Å². The van der Waals surface area contributed by atoms with Gasteiger partial charge in [0, 0.05) is 29.9 Å². The van der Waals surface area contributed by atoms with Crippen LogP contribution in [-0.2, 0) is 6.54 Å². The molecule has 132 valence electrons. The normalized spacial score (nSPS) is 11.2. The van der Waals surface area contributed by atoms with E-state index in [1.54, 1.807) is 12.1 Å². The molecule has 0 unspecified atom stereocenters. The fraction of sp³-hybridized carbons (Fsp3) is 0.167. The van der Waals surface area contributed by atoms with Gasteiger partial charge in [0.05, 0.1) is 16.8 Å². The van der Waals surface area contributed by atoms with Crippen LogP contribution in [-0.4, -0.2) is 22.8 Å². The summed E-state index contributed by atoms with van der Waals surface area (Å²) in [5.41, 5.74) is 2.05. The largest absolute Gasteiger partial charge is 0.468 e. The van der Waals surface area contributed by atoms with Crippen LogP contribution in [0.1, 0.15) is 11.1 Å². The Hall–Kier alpha value is -3.34. The van der Waals surface area contributed by atoms with Crippen molar-refractivity contribution in [1.82, 2.24) is 9.97 Å². The lowest BCUT2D eigenvalue weighted by Gasteiger charge is -2.14. The minimum Gasteiger partial charge on any atom is -0.468 e. The van der Waals surface area contributed by atoms with Crippen molar-refractivity contribution in [2.45, 2.75) is 12.7 Å². The maximum atomic E-state index is 12.4. The van der Waals surface area contributed by atoms with E-state index in [1.165, 1.54) is 12.4 Å². The Bertz CT molecular complexity index is 967. The molecule has 0 aliphatic rings. The highest BCUT2D eigenvalue weighted by molar-refractivity contribution is 5.93. The first-order valence-electron chi connectivity index (χ1n) is 7.63. The molecule has 0 spiro atoms. The van der Waals surface area contributed by atoms with E-state index in [0.29, 0.717) is 22.3 Å². The summed E-state index contributed by atoms with van der Waals surface area (Å²) in [4.78, 5) is 8.08. The first kappa shape index (κ1) is 17.5. The lowest BCUT2D eigenvalue weighted by Crippen LogP contribution is -2.20. The van der Waals surface area contributed by atoms with E-state index < -0.39 is 12.8 Å². The number of fused-ring (bicyclic) bond motifs is 1. The summed E-state index contributed by atoms with van der Waals surface area (Å²) in [6, 6.07) is 12.6. The number of anilines is 1. The molecule has 0 saturated heterocycles. The molecule has 3 aromatic rings. The molecule has 0 saturated carbocycles. The number of halogens is 3. The molecule has 2 heterocycles. The van der Waals surface area contributed by atoms with Gasteiger partial charge in [0.1, 0.15) is 6.07 Å². The SMILES string of the molecule is N#Cc1cnc2ccccc2c1NCc1cccnc1OCC(F)(F)F. The molecule has 0 atom stereocenters. The van der Waals surface area contributed by atoms with Crippen molar-refractivity contribution >= 4 is 16.6 Å². The van der Waals surface area contributed by atoms with Crippen LogP contribution in [0.5, 0.6) is 5.88 Å². The van der Waals surface area contributed by atoms with Crippen LogP contribution in [0.3, 0.4) is 0 Å². The Morgan fingerprint density at radius 2 is 1.92 bits per heavy atom. The number of nitriles is 1. The van der Waals surface area contributed by atoms with Crippen LogP contribution in [0.2, 0.25) is 0 Å². The van der Waals surface area contributed by atoms with Gasteiger partial charge < -0.3 is 10.1 Å². The number of hydrogen-bond donors (Lipinski definition) is 1. The van der Waals surface area contributed by atoms with Crippen LogP contribution in [0, 0.1) is 11.3 Å². The first-order chi connectivity index (χ1) is 12.5. The fourth-order valence-electron chi connectivity index (χ4n) is 2.44. The van der Waals surface area contributed by atoms with Crippen molar-refractivity contribution < 1.29 is 17.9 Å². The molecule has 1 aromatic carbocycles. The standard InChI is InChI=1S/C18H13F3N4O/c19-18(20,21)11-26-17-12(4-3-7-23-17)9-25-16-13(8-22)10-24-15-6-2-1-5-14(15)16/h1-7,10H,9,11H2,(H,24,25). The van der Waals surface area contributed by atoms with Gasteiger partial charge >= 0.3 is 6.18 Å². The lowest BCUT2D eigenvalue weighted by atomic mass is 10.1. The van der Waals surface area contributed by atoms with Gasteiger partial charge in [-0.25, -0.2) is 4.98 Å². The molecule has 0 amide bonds. The molecular formula is C18H13F3N4O. The molecule has 8 heteroatoms. The van der Waals surface area contributed by atoms with Crippen molar-refractivity contribution in [3.8, 4) is 11.9 Å². The highest BCUT2D eigenvalue weighted by Crippen LogP contribution is 2.27. The summed E-state index contributed by atoms with van der Waals surface area (Å²) in [6.45, 7) is -1.28. The van der Waals surface area contributed by atoms with Crippen LogP contribution < -0.4 is 10.1 Å². The zero-order chi connectivity index (χ0) is 18.6. The Morgan fingerprint density at radius 3 is 2.69 bits per heavy atom. The van der Waals surface area contributed by atoms with E-state index in [4.69, 9.17) is 4.74 Å². The van der Waals surface area contributed by atoms with Gasteiger partial charge in [-0.1, -0.05) is 24.3 Å². The summed E-state index contributed by atoms with van der Waals surface area (Å²) >= 11 is 0. The molecule has 26 heavy (non-hydrogen) atoms. The van der Waals surface area contributed by atoms with Crippen LogP contribution >= 0.6 is 0 Å².